The molecule has 1 rings (SSSR count). The van der Waals surface area contributed by atoms with Gasteiger partial charge in [-0.15, -0.1) is 0 Å². The molecule has 0 aromatic carbocycles. The van der Waals surface area contributed by atoms with Crippen LogP contribution in [0, 0.1) is 0 Å². The van der Waals surface area contributed by atoms with Crippen LogP contribution in [0.1, 0.15) is 5.48 Å². The molecule has 0 aliphatic heterocycles. The lowest BCUT2D eigenvalue weighted by Crippen LogP contribution is -1.66. The molecule has 0 spiro atoms. The molecule has 0 saturated carbocycles. The first-order valence-corrected chi connectivity index (χ1v) is 1.39. The maximum atomic E-state index is 6.96. The molecule has 0 aliphatic carbocycles. The van der Waals surface area contributed by atoms with E-state index in [1.807, 2.05) is 0 Å². The lowest BCUT2D eigenvalue weighted by Gasteiger charge is -1.70. The molecule has 1 heterocycles. The molecule has 1 aromatic rings. The van der Waals surface area contributed by atoms with Gasteiger partial charge in [0.2, 0.25) is 0 Å². The zero-order valence-electron chi connectivity index (χ0n) is 6.89. The summed E-state index contributed by atoms with van der Waals surface area (Å²) in [5, 5.41) is 0. The highest BCUT2D eigenvalue weighted by molar-refractivity contribution is 4.74. The molecule has 6 heavy (non-hydrogen) atoms. The Morgan fingerprint density at radius 2 is 2.00 bits per heavy atom. The van der Waals surface area contributed by atoms with Crippen molar-refractivity contribution in [1.29, 1.82) is 0 Å². The Kier molecular flexibility index (Phi) is 0.256. The Hall–Kier alpha value is -0.920. The smallest absolute Gasteiger partial charge is 0.115 e. The highest BCUT2D eigenvalue weighted by atomic mass is 14.8. The second-order valence-electron chi connectivity index (χ2n) is 0.672. The molecule has 2 nitrogen and oxygen atoms in total. The molecule has 0 radical (unpaired) electrons. The Bertz CT molecular complexity index is 238. The van der Waals surface area contributed by atoms with E-state index in [9.17, 15) is 0 Å². The van der Waals surface area contributed by atoms with E-state index in [0.29, 0.717) is 0 Å². The minimum Gasteiger partial charge on any atom is -0.245 e. The molecular weight excluding hydrogens is 76.1 g/mol. The summed E-state index contributed by atoms with van der Waals surface area (Å²) in [6.45, 7) is 0. The van der Waals surface area contributed by atoms with E-state index < -0.39 is 0 Å². The van der Waals surface area contributed by atoms with E-state index in [1.54, 1.807) is 0 Å². The minimum atomic E-state index is -0.383. The summed E-state index contributed by atoms with van der Waals surface area (Å²) in [6, 6.07) is -0.337. The minimum absolute atomic E-state index is 0.337. The van der Waals surface area contributed by atoms with Crippen LogP contribution in [0.15, 0.2) is 24.7 Å². The Morgan fingerprint density at radius 1 is 1.33 bits per heavy atom. The van der Waals surface area contributed by atoms with Crippen molar-refractivity contribution in [3.63, 3.8) is 0 Å². The first-order valence-electron chi connectivity index (χ1n) is 3.39. The second kappa shape index (κ2) is 1.50. The van der Waals surface area contributed by atoms with E-state index in [2.05, 4.69) is 9.97 Å². The monoisotopic (exact) mass is 84.1 g/mol. The molecule has 0 unspecified atom stereocenters. The van der Waals surface area contributed by atoms with E-state index in [4.69, 9.17) is 5.48 Å². The summed E-state index contributed by atoms with van der Waals surface area (Å²) in [7, 11) is 0. The van der Waals surface area contributed by atoms with Crippen LogP contribution in [0.4, 0.5) is 0 Å². The molecule has 0 amide bonds. The van der Waals surface area contributed by atoms with Gasteiger partial charge in [0.1, 0.15) is 7.67 Å². The molecular formula is C4H4N2. The van der Waals surface area contributed by atoms with Gasteiger partial charge in [0.05, 0.1) is 4.11 Å². The predicted octanol–water partition coefficient (Wildman–Crippen LogP) is 0.477. The fourth-order valence-electron chi connectivity index (χ4n) is 0.156. The van der Waals surface area contributed by atoms with Gasteiger partial charge in [-0.3, -0.25) is 0 Å². The number of nitrogens with zero attached hydrogens (tertiary/aromatic N) is 2. The summed E-state index contributed by atoms with van der Waals surface area (Å²) >= 11 is 0. The predicted molar refractivity (Wildman–Crippen MR) is 22.0 cm³/mol. The summed E-state index contributed by atoms with van der Waals surface area (Å²) in [5.74, 6) is 0. The lowest BCUT2D eigenvalue weighted by molar-refractivity contribution is 1.17. The van der Waals surface area contributed by atoms with Gasteiger partial charge in [-0.25, -0.2) is 9.97 Å². The SMILES string of the molecule is [2H]c1nc([2H])c([2H])c([2H])n1. The average Bonchev–Trinajstić information content (AvgIpc) is 1.82. The molecule has 0 saturated heterocycles. The van der Waals surface area contributed by atoms with Crippen molar-refractivity contribution in [2.75, 3.05) is 0 Å². The third-order valence-corrected chi connectivity index (χ3v) is 0.324. The molecule has 2 heteroatoms. The average molecular weight is 84.1 g/mol. The largest absolute Gasteiger partial charge is 0.245 e. The van der Waals surface area contributed by atoms with E-state index in [1.165, 1.54) is 0 Å². The van der Waals surface area contributed by atoms with Gasteiger partial charge in [0, 0.05) is 12.3 Å². The first kappa shape index (κ1) is 1.03. The molecule has 0 aliphatic rings. The molecule has 30 valence electrons. The number of rotatable bonds is 0. The van der Waals surface area contributed by atoms with Crippen molar-refractivity contribution >= 4 is 0 Å². The zero-order chi connectivity index (χ0) is 7.72. The van der Waals surface area contributed by atoms with Crippen LogP contribution in [-0.4, -0.2) is 9.97 Å². The van der Waals surface area contributed by atoms with Crippen molar-refractivity contribution < 1.29 is 5.48 Å². The van der Waals surface area contributed by atoms with Crippen molar-refractivity contribution in [3.8, 4) is 0 Å². The fraction of sp³-hybridized carbons (Fsp3) is 0. The summed E-state index contributed by atoms with van der Waals surface area (Å²) in [4.78, 5) is 6.50. The van der Waals surface area contributed by atoms with Crippen LogP contribution in [0.25, 0.3) is 0 Å². The zero-order valence-corrected chi connectivity index (χ0v) is 2.89. The fourth-order valence-corrected chi connectivity index (χ4v) is 0.156. The van der Waals surface area contributed by atoms with E-state index >= 15 is 0 Å². The number of aromatic nitrogens is 2. The van der Waals surface area contributed by atoms with Crippen LogP contribution in [0.2, 0.25) is 0 Å². The van der Waals surface area contributed by atoms with Crippen LogP contribution < -0.4 is 0 Å². The van der Waals surface area contributed by atoms with Crippen LogP contribution >= 0.6 is 0 Å². The van der Waals surface area contributed by atoms with Crippen molar-refractivity contribution in [2.24, 2.45) is 0 Å². The van der Waals surface area contributed by atoms with Gasteiger partial charge in [-0.2, -0.15) is 0 Å². The van der Waals surface area contributed by atoms with E-state index in [0.717, 1.165) is 0 Å². The highest BCUT2D eigenvalue weighted by Gasteiger charge is 1.59. The second-order valence-corrected chi connectivity index (χ2v) is 0.672. The van der Waals surface area contributed by atoms with Crippen LogP contribution in [-0.2, 0) is 0 Å². The third kappa shape index (κ3) is 0.516. The van der Waals surface area contributed by atoms with E-state index in [-0.39, 0.29) is 24.7 Å². The number of hydrogen-bond donors (Lipinski definition) is 0. The molecule has 0 bridgehead atoms. The molecule has 0 atom stereocenters. The van der Waals surface area contributed by atoms with Gasteiger partial charge in [-0.1, -0.05) is 0 Å². The van der Waals surface area contributed by atoms with Gasteiger partial charge in [-0.05, 0) is 6.04 Å². The normalized spacial score (nSPS) is 17.3. The molecule has 0 N–H and O–H groups in total. The van der Waals surface area contributed by atoms with Crippen molar-refractivity contribution in [3.05, 3.63) is 24.7 Å². The lowest BCUT2D eigenvalue weighted by atomic mass is 10.7. The first-order chi connectivity index (χ1) is 4.61. The standard InChI is InChI=1S/C4H4N2/c1-2-5-4-6-3-1/h1-4H/i1D,2D,3D,4D. The summed E-state index contributed by atoms with van der Waals surface area (Å²) in [5.41, 5.74) is 0. The highest BCUT2D eigenvalue weighted by Crippen LogP contribution is 1.66. The van der Waals surface area contributed by atoms with Crippen molar-refractivity contribution in [2.45, 2.75) is 0 Å². The van der Waals surface area contributed by atoms with Crippen molar-refractivity contribution in [1.82, 2.24) is 9.97 Å². The van der Waals surface area contributed by atoms with Gasteiger partial charge >= 0.3 is 0 Å². The molecule has 0 fully saturated rings. The quantitative estimate of drug-likeness (QED) is 0.457. The Balaban J connectivity index is 3.31. The number of hydrogen-bond acceptors (Lipinski definition) is 2. The molecule has 1 aromatic heterocycles. The topological polar surface area (TPSA) is 25.8 Å². The Morgan fingerprint density at radius 3 is 2.67 bits per heavy atom. The maximum Gasteiger partial charge on any atom is 0.115 e. The van der Waals surface area contributed by atoms with Gasteiger partial charge in [0.25, 0.3) is 0 Å². The van der Waals surface area contributed by atoms with Crippen LogP contribution in [0.3, 0.4) is 0 Å². The summed E-state index contributed by atoms with van der Waals surface area (Å²) < 4.78 is 27.6. The summed E-state index contributed by atoms with van der Waals surface area (Å²) in [6.07, 6.45) is -1.12. The Labute approximate surface area is 41.5 Å². The van der Waals surface area contributed by atoms with Gasteiger partial charge < -0.3 is 0 Å². The maximum absolute atomic E-state index is 6.96. The third-order valence-electron chi connectivity index (χ3n) is 0.324. The van der Waals surface area contributed by atoms with Gasteiger partial charge in [0.15, 0.2) is 0 Å². The van der Waals surface area contributed by atoms with Crippen LogP contribution in [0.5, 0.6) is 0 Å².